The number of ether oxygens (including phenoxy) is 1. The second-order valence-electron chi connectivity index (χ2n) is 5.85. The number of carbonyl (C=O) groups is 1. The van der Waals surface area contributed by atoms with Crippen molar-refractivity contribution in [1.82, 2.24) is 0 Å². The lowest BCUT2D eigenvalue weighted by molar-refractivity contribution is -0.113. The maximum Gasteiger partial charge on any atom is 0.234 e. The molecule has 1 amide bonds. The molecule has 4 heteroatoms. The summed E-state index contributed by atoms with van der Waals surface area (Å²) in [6.45, 7) is 3.08. The Labute approximate surface area is 138 Å². The van der Waals surface area contributed by atoms with E-state index in [-0.39, 0.29) is 5.91 Å². The van der Waals surface area contributed by atoms with Crippen LogP contribution in [0, 0.1) is 0 Å². The van der Waals surface area contributed by atoms with Crippen LogP contribution >= 0.6 is 11.8 Å². The van der Waals surface area contributed by atoms with Gasteiger partial charge in [0.1, 0.15) is 0 Å². The van der Waals surface area contributed by atoms with Crippen molar-refractivity contribution in [3.63, 3.8) is 0 Å². The Kier molecular flexibility index (Phi) is 7.81. The van der Waals surface area contributed by atoms with Crippen molar-refractivity contribution in [1.29, 1.82) is 0 Å². The van der Waals surface area contributed by atoms with Crippen LogP contribution in [0.25, 0.3) is 0 Å². The number of aryl methyl sites for hydroxylation is 1. The molecule has 1 fully saturated rings. The van der Waals surface area contributed by atoms with Crippen molar-refractivity contribution in [3.05, 3.63) is 29.8 Å². The van der Waals surface area contributed by atoms with E-state index in [4.69, 9.17) is 4.74 Å². The van der Waals surface area contributed by atoms with E-state index in [9.17, 15) is 4.79 Å². The Hall–Kier alpha value is -1.00. The molecule has 2 rings (SSSR count). The van der Waals surface area contributed by atoms with Gasteiger partial charge >= 0.3 is 0 Å². The monoisotopic (exact) mass is 321 g/mol. The first kappa shape index (κ1) is 17.4. The Morgan fingerprint density at radius 2 is 2.14 bits per heavy atom. The number of thioether (sulfide) groups is 1. The van der Waals surface area contributed by atoms with E-state index in [1.807, 2.05) is 12.1 Å². The molecule has 22 heavy (non-hydrogen) atoms. The molecule has 0 saturated carbocycles. The number of unbranched alkanes of at least 4 members (excludes halogenated alkanes) is 1. The van der Waals surface area contributed by atoms with E-state index in [1.54, 1.807) is 11.8 Å². The molecule has 1 aromatic rings. The van der Waals surface area contributed by atoms with Crippen molar-refractivity contribution in [2.45, 2.75) is 51.6 Å². The van der Waals surface area contributed by atoms with Crippen molar-refractivity contribution in [3.8, 4) is 0 Å². The Bertz CT molecular complexity index is 441. The maximum absolute atomic E-state index is 11.9. The largest absolute Gasteiger partial charge is 0.377 e. The molecule has 0 radical (unpaired) electrons. The minimum absolute atomic E-state index is 0.0714. The van der Waals surface area contributed by atoms with Gasteiger partial charge in [0, 0.05) is 18.0 Å². The van der Waals surface area contributed by atoms with Gasteiger partial charge in [0.25, 0.3) is 0 Å². The van der Waals surface area contributed by atoms with Crippen LogP contribution in [0.4, 0.5) is 5.69 Å². The van der Waals surface area contributed by atoms with Gasteiger partial charge in [0.2, 0.25) is 5.91 Å². The molecule has 0 spiro atoms. The number of hydrogen-bond acceptors (Lipinski definition) is 3. The summed E-state index contributed by atoms with van der Waals surface area (Å²) in [5, 5.41) is 2.96. The van der Waals surface area contributed by atoms with E-state index in [0.717, 1.165) is 30.9 Å². The molecule has 1 N–H and O–H groups in total. The molecule has 1 saturated heterocycles. The van der Waals surface area contributed by atoms with E-state index in [2.05, 4.69) is 24.4 Å². The highest BCUT2D eigenvalue weighted by Crippen LogP contribution is 2.17. The number of amides is 1. The van der Waals surface area contributed by atoms with Crippen molar-refractivity contribution >= 4 is 23.4 Å². The molecule has 1 unspecified atom stereocenters. The van der Waals surface area contributed by atoms with Gasteiger partial charge in [0.15, 0.2) is 0 Å². The lowest BCUT2D eigenvalue weighted by Crippen LogP contribution is -2.22. The predicted molar refractivity (Wildman–Crippen MR) is 94.6 cm³/mol. The van der Waals surface area contributed by atoms with Crippen LogP contribution in [-0.2, 0) is 16.0 Å². The molecule has 0 bridgehead atoms. The summed E-state index contributed by atoms with van der Waals surface area (Å²) in [6, 6.07) is 8.21. The van der Waals surface area contributed by atoms with E-state index < -0.39 is 0 Å². The fourth-order valence-corrected chi connectivity index (χ4v) is 3.46. The average Bonchev–Trinajstić information content (AvgIpc) is 2.55. The zero-order chi connectivity index (χ0) is 15.6. The Morgan fingerprint density at radius 3 is 2.82 bits per heavy atom. The summed E-state index contributed by atoms with van der Waals surface area (Å²) in [6.07, 6.45) is 7.43. The first-order valence-corrected chi connectivity index (χ1v) is 9.51. The summed E-state index contributed by atoms with van der Waals surface area (Å²) in [7, 11) is 0. The third-order valence-electron chi connectivity index (χ3n) is 3.87. The molecule has 1 aromatic carbocycles. The van der Waals surface area contributed by atoms with Gasteiger partial charge in [-0.2, -0.15) is 0 Å². The summed E-state index contributed by atoms with van der Waals surface area (Å²) < 4.78 is 5.67. The second kappa shape index (κ2) is 9.90. The highest BCUT2D eigenvalue weighted by Gasteiger charge is 2.14. The Balaban J connectivity index is 1.65. The predicted octanol–water partition coefficient (Wildman–Crippen LogP) is 4.27. The SMILES string of the molecule is CCCCc1ccc(NC(=O)CSCC2CCCCO2)cc1. The smallest absolute Gasteiger partial charge is 0.234 e. The number of hydrogen-bond donors (Lipinski definition) is 1. The highest BCUT2D eigenvalue weighted by molar-refractivity contribution is 8.00. The van der Waals surface area contributed by atoms with Gasteiger partial charge in [-0.3, -0.25) is 4.79 Å². The van der Waals surface area contributed by atoms with Gasteiger partial charge in [-0.05, 0) is 49.8 Å². The number of benzene rings is 1. The molecule has 0 aromatic heterocycles. The summed E-state index contributed by atoms with van der Waals surface area (Å²) in [4.78, 5) is 11.9. The molecule has 0 aliphatic carbocycles. The topological polar surface area (TPSA) is 38.3 Å². The van der Waals surface area contributed by atoms with E-state index in [1.165, 1.54) is 31.2 Å². The van der Waals surface area contributed by atoms with Crippen LogP contribution in [0.15, 0.2) is 24.3 Å². The van der Waals surface area contributed by atoms with Crippen LogP contribution in [0.1, 0.15) is 44.6 Å². The summed E-state index contributed by atoms with van der Waals surface area (Å²) >= 11 is 1.66. The fraction of sp³-hybridized carbons (Fsp3) is 0.611. The molecule has 1 aliphatic heterocycles. The first-order valence-electron chi connectivity index (χ1n) is 8.36. The van der Waals surface area contributed by atoms with Crippen LogP contribution in [-0.4, -0.2) is 30.1 Å². The van der Waals surface area contributed by atoms with Crippen molar-refractivity contribution in [2.24, 2.45) is 0 Å². The quantitative estimate of drug-likeness (QED) is 0.777. The molecule has 1 atom stereocenters. The normalized spacial score (nSPS) is 18.1. The lowest BCUT2D eigenvalue weighted by Gasteiger charge is -2.21. The summed E-state index contributed by atoms with van der Waals surface area (Å²) in [5.41, 5.74) is 2.23. The van der Waals surface area contributed by atoms with Gasteiger partial charge in [-0.25, -0.2) is 0 Å². The van der Waals surface area contributed by atoms with Crippen molar-refractivity contribution in [2.75, 3.05) is 23.4 Å². The minimum Gasteiger partial charge on any atom is -0.377 e. The minimum atomic E-state index is 0.0714. The van der Waals surface area contributed by atoms with Crippen molar-refractivity contribution < 1.29 is 9.53 Å². The second-order valence-corrected chi connectivity index (χ2v) is 6.88. The van der Waals surface area contributed by atoms with Gasteiger partial charge in [0.05, 0.1) is 11.9 Å². The number of anilines is 1. The number of nitrogens with one attached hydrogen (secondary N) is 1. The standard InChI is InChI=1S/C18H27NO2S/c1-2-3-6-15-8-10-16(11-9-15)19-18(20)14-22-13-17-7-4-5-12-21-17/h8-11,17H,2-7,12-14H2,1H3,(H,19,20). The van der Waals surface area contributed by atoms with E-state index in [0.29, 0.717) is 11.9 Å². The zero-order valence-corrected chi connectivity index (χ0v) is 14.3. The third-order valence-corrected chi connectivity index (χ3v) is 4.94. The Morgan fingerprint density at radius 1 is 1.32 bits per heavy atom. The van der Waals surface area contributed by atoms with E-state index >= 15 is 0 Å². The van der Waals surface area contributed by atoms with Crippen LogP contribution < -0.4 is 5.32 Å². The van der Waals surface area contributed by atoms with Crippen LogP contribution in [0.5, 0.6) is 0 Å². The lowest BCUT2D eigenvalue weighted by atomic mass is 10.1. The molecule has 1 aliphatic rings. The van der Waals surface area contributed by atoms with Crippen LogP contribution in [0.2, 0.25) is 0 Å². The zero-order valence-electron chi connectivity index (χ0n) is 13.5. The molecule has 122 valence electrons. The average molecular weight is 321 g/mol. The van der Waals surface area contributed by atoms with Gasteiger partial charge in [-0.1, -0.05) is 25.5 Å². The molecular weight excluding hydrogens is 294 g/mol. The third kappa shape index (κ3) is 6.41. The maximum atomic E-state index is 11.9. The molecule has 1 heterocycles. The van der Waals surface area contributed by atoms with Crippen LogP contribution in [0.3, 0.4) is 0 Å². The molecule has 3 nitrogen and oxygen atoms in total. The number of carbonyl (C=O) groups excluding carboxylic acids is 1. The number of rotatable bonds is 8. The molecular formula is C18H27NO2S. The summed E-state index contributed by atoms with van der Waals surface area (Å²) in [5.74, 6) is 1.49. The van der Waals surface area contributed by atoms with Gasteiger partial charge in [-0.15, -0.1) is 11.8 Å². The fourth-order valence-electron chi connectivity index (χ4n) is 2.55. The highest BCUT2D eigenvalue weighted by atomic mass is 32.2. The first-order chi connectivity index (χ1) is 10.8. The van der Waals surface area contributed by atoms with Gasteiger partial charge < -0.3 is 10.1 Å².